The van der Waals surface area contributed by atoms with Crippen LogP contribution in [0.1, 0.15) is 87.8 Å². The van der Waals surface area contributed by atoms with E-state index in [-0.39, 0.29) is 17.6 Å². The molecule has 2 aliphatic heterocycles. The molecule has 5 atom stereocenters. The monoisotopic (exact) mass is 572 g/mol. The van der Waals surface area contributed by atoms with Crippen molar-refractivity contribution in [1.29, 1.82) is 0 Å². The van der Waals surface area contributed by atoms with Crippen LogP contribution < -0.4 is 9.47 Å². The lowest BCUT2D eigenvalue weighted by Crippen LogP contribution is -2.78. The first-order chi connectivity index (χ1) is 20.6. The molecule has 2 aromatic rings. The van der Waals surface area contributed by atoms with Crippen molar-refractivity contribution in [3.05, 3.63) is 71.8 Å². The summed E-state index contributed by atoms with van der Waals surface area (Å²) in [6.07, 6.45) is 15.5. The topological polar surface area (TPSA) is 45.2 Å². The van der Waals surface area contributed by atoms with E-state index in [4.69, 9.17) is 9.47 Å². The molecule has 2 aliphatic carbocycles. The van der Waals surface area contributed by atoms with Gasteiger partial charge in [0.25, 0.3) is 0 Å². The summed E-state index contributed by atoms with van der Waals surface area (Å²) in [7, 11) is 1.75. The average molecular weight is 573 g/mol. The van der Waals surface area contributed by atoms with E-state index in [2.05, 4.69) is 65.8 Å². The first-order valence-electron chi connectivity index (χ1n) is 16.8. The van der Waals surface area contributed by atoms with Gasteiger partial charge in [-0.2, -0.15) is 0 Å². The van der Waals surface area contributed by atoms with Gasteiger partial charge in [0.15, 0.2) is 11.5 Å². The van der Waals surface area contributed by atoms with Crippen molar-refractivity contribution >= 4 is 0 Å². The van der Waals surface area contributed by atoms with Crippen LogP contribution in [0.2, 0.25) is 0 Å². The number of rotatable bonds is 15. The highest BCUT2D eigenvalue weighted by Crippen LogP contribution is 2.66. The fourth-order valence-electron chi connectivity index (χ4n) is 9.16. The molecule has 2 aromatic carbocycles. The van der Waals surface area contributed by atoms with Gasteiger partial charge in [0, 0.05) is 24.2 Å². The predicted octanol–water partition coefficient (Wildman–Crippen LogP) is 6.70. The Morgan fingerprint density at radius 2 is 1.83 bits per heavy atom. The average Bonchev–Trinajstić information content (AvgIpc) is 3.36. The van der Waals surface area contributed by atoms with Gasteiger partial charge in [0.1, 0.15) is 6.10 Å². The van der Waals surface area contributed by atoms with Gasteiger partial charge in [-0.25, -0.2) is 0 Å². The van der Waals surface area contributed by atoms with Crippen molar-refractivity contribution in [3.8, 4) is 11.5 Å². The second-order valence-electron chi connectivity index (χ2n) is 13.3. The lowest BCUT2D eigenvalue weighted by atomic mass is 9.48. The summed E-state index contributed by atoms with van der Waals surface area (Å²) in [5, 5.41) is 12.8. The van der Waals surface area contributed by atoms with E-state index in [1.807, 2.05) is 6.08 Å². The highest BCUT2D eigenvalue weighted by molar-refractivity contribution is 5.63. The molecule has 42 heavy (non-hydrogen) atoms. The number of unbranched alkanes of at least 4 members (excludes halogenated alkanes) is 5. The van der Waals surface area contributed by atoms with Crippen LogP contribution in [0.4, 0.5) is 0 Å². The quantitative estimate of drug-likeness (QED) is 0.190. The van der Waals surface area contributed by atoms with Gasteiger partial charge in [0.2, 0.25) is 0 Å². The number of hydrogen-bond donors (Lipinski definition) is 1. The zero-order valence-electron chi connectivity index (χ0n) is 26.0. The normalized spacial score (nSPS) is 29.3. The van der Waals surface area contributed by atoms with Crippen LogP contribution in [0.5, 0.6) is 11.5 Å². The number of aliphatic hydroxyl groups is 1. The second-order valence-corrected chi connectivity index (χ2v) is 13.3. The molecule has 5 heteroatoms. The molecule has 1 saturated carbocycles. The minimum atomic E-state index is -0.799. The molecule has 0 aromatic heterocycles. The van der Waals surface area contributed by atoms with Crippen molar-refractivity contribution in [1.82, 2.24) is 9.80 Å². The molecule has 2 fully saturated rings. The number of likely N-dealkylation sites (tertiary alicyclic amines) is 1. The minimum absolute atomic E-state index is 0.0466. The van der Waals surface area contributed by atoms with E-state index in [9.17, 15) is 5.11 Å². The van der Waals surface area contributed by atoms with E-state index in [0.29, 0.717) is 6.04 Å². The Bertz CT molecular complexity index is 1220. The minimum Gasteiger partial charge on any atom is -0.493 e. The number of piperidine rings is 1. The Balaban J connectivity index is 1.24. The van der Waals surface area contributed by atoms with Crippen molar-refractivity contribution in [2.24, 2.45) is 0 Å². The zero-order valence-corrected chi connectivity index (χ0v) is 26.0. The summed E-state index contributed by atoms with van der Waals surface area (Å²) >= 11 is 0. The number of benzene rings is 2. The van der Waals surface area contributed by atoms with Crippen molar-refractivity contribution < 1.29 is 14.6 Å². The van der Waals surface area contributed by atoms with E-state index in [1.54, 1.807) is 7.11 Å². The summed E-state index contributed by atoms with van der Waals surface area (Å²) in [4.78, 5) is 5.25. The molecule has 2 bridgehead atoms. The van der Waals surface area contributed by atoms with E-state index in [0.717, 1.165) is 63.4 Å². The molecule has 6 rings (SSSR count). The second kappa shape index (κ2) is 12.7. The molecule has 0 radical (unpaired) electrons. The lowest BCUT2D eigenvalue weighted by molar-refractivity contribution is -0.198. The molecule has 228 valence electrons. The molecule has 4 aliphatic rings. The zero-order chi connectivity index (χ0) is 29.2. The Morgan fingerprint density at radius 1 is 1.05 bits per heavy atom. The summed E-state index contributed by atoms with van der Waals surface area (Å²) in [5.74, 6) is 1.73. The molecule has 5 nitrogen and oxygen atoms in total. The number of nitrogens with zero attached hydrogens (tertiary/aromatic N) is 2. The third-order valence-electron chi connectivity index (χ3n) is 11.1. The molecule has 2 unspecified atom stereocenters. The number of methoxy groups -OCH3 is 1. The lowest BCUT2D eigenvalue weighted by Gasteiger charge is -2.65. The molecule has 1 saturated heterocycles. The Hall–Kier alpha value is -2.34. The van der Waals surface area contributed by atoms with Gasteiger partial charge < -0.3 is 14.6 Å². The summed E-state index contributed by atoms with van der Waals surface area (Å²) in [6, 6.07) is 15.6. The van der Waals surface area contributed by atoms with Gasteiger partial charge >= 0.3 is 0 Å². The summed E-state index contributed by atoms with van der Waals surface area (Å²) in [5.41, 5.74) is 2.88. The van der Waals surface area contributed by atoms with Crippen molar-refractivity contribution in [2.75, 3.05) is 33.3 Å². The SMILES string of the molecule is C=CCN1CC[C@]23c4c5ccc(OC)c4OC2C(N(CCCCC)CCCCCCc2ccccc2)CC[C@@]3(O)[C@H]1C5. The maximum absolute atomic E-state index is 12.8. The fourth-order valence-corrected chi connectivity index (χ4v) is 9.16. The highest BCUT2D eigenvalue weighted by Gasteiger charge is 2.73. The van der Waals surface area contributed by atoms with Gasteiger partial charge in [-0.3, -0.25) is 9.80 Å². The van der Waals surface area contributed by atoms with Crippen LogP contribution >= 0.6 is 0 Å². The summed E-state index contributed by atoms with van der Waals surface area (Å²) in [6.45, 7) is 10.4. The van der Waals surface area contributed by atoms with E-state index in [1.165, 1.54) is 68.1 Å². The molecular formula is C37H52N2O3. The Morgan fingerprint density at radius 3 is 2.60 bits per heavy atom. The van der Waals surface area contributed by atoms with Crippen molar-refractivity contribution in [2.45, 2.75) is 113 Å². The predicted molar refractivity (Wildman–Crippen MR) is 171 cm³/mol. The third-order valence-corrected chi connectivity index (χ3v) is 11.1. The molecule has 1 N–H and O–H groups in total. The first kappa shape index (κ1) is 29.7. The van der Waals surface area contributed by atoms with E-state index >= 15 is 0 Å². The molecular weight excluding hydrogens is 520 g/mol. The van der Waals surface area contributed by atoms with Crippen LogP contribution in [0, 0.1) is 0 Å². The van der Waals surface area contributed by atoms with Crippen LogP contribution in [-0.2, 0) is 18.3 Å². The van der Waals surface area contributed by atoms with Crippen LogP contribution in [0.3, 0.4) is 0 Å². The number of hydrogen-bond acceptors (Lipinski definition) is 5. The van der Waals surface area contributed by atoms with Crippen LogP contribution in [0.15, 0.2) is 55.1 Å². The Labute approximate surface area is 253 Å². The van der Waals surface area contributed by atoms with Gasteiger partial charge in [-0.1, -0.05) is 75.1 Å². The van der Waals surface area contributed by atoms with Crippen LogP contribution in [-0.4, -0.2) is 72.0 Å². The van der Waals surface area contributed by atoms with Crippen LogP contribution in [0.25, 0.3) is 0 Å². The summed E-state index contributed by atoms with van der Waals surface area (Å²) < 4.78 is 13.0. The Kier molecular flexibility index (Phi) is 9.00. The maximum atomic E-state index is 12.8. The smallest absolute Gasteiger partial charge is 0.165 e. The highest BCUT2D eigenvalue weighted by atomic mass is 16.5. The van der Waals surface area contributed by atoms with Gasteiger partial charge in [-0.15, -0.1) is 6.58 Å². The fraction of sp³-hybridized carbons (Fsp3) is 0.622. The van der Waals surface area contributed by atoms with Crippen molar-refractivity contribution in [3.63, 3.8) is 0 Å². The first-order valence-corrected chi connectivity index (χ1v) is 16.8. The molecule has 0 amide bonds. The largest absolute Gasteiger partial charge is 0.493 e. The number of ether oxygens (including phenoxy) is 2. The third kappa shape index (κ3) is 5.00. The van der Waals surface area contributed by atoms with Gasteiger partial charge in [-0.05, 0) is 88.2 Å². The van der Waals surface area contributed by atoms with E-state index < -0.39 is 5.60 Å². The van der Waals surface area contributed by atoms with Gasteiger partial charge in [0.05, 0.1) is 18.1 Å². The molecule has 2 heterocycles. The standard InChI is InChI=1S/C37H52N2O3/c1-4-6-13-24-38(25-14-8-7-10-15-28-16-11-9-12-17-28)30-20-21-37(40)32-27-29-18-19-31(41-3)34-33(29)36(37,35(30)42-34)22-26-39(32)23-5-2/h5,9,11-12,16-19,30,32,35,40H,2,4,6-8,10,13-15,20-27H2,1,3H3/t30?,32-,35?,36+,37-/m1/s1. The maximum Gasteiger partial charge on any atom is 0.165 e. The number of aryl methyl sites for hydroxylation is 1. The molecule has 1 spiro atoms.